The molecule has 138 valence electrons. The third kappa shape index (κ3) is 4.90. The normalized spacial score (nSPS) is 14.7. The van der Waals surface area contributed by atoms with E-state index in [1.54, 1.807) is 12.1 Å². The van der Waals surface area contributed by atoms with E-state index < -0.39 is 0 Å². The van der Waals surface area contributed by atoms with Gasteiger partial charge in [-0.25, -0.2) is 0 Å². The van der Waals surface area contributed by atoms with Crippen molar-refractivity contribution in [2.24, 2.45) is 0 Å². The summed E-state index contributed by atoms with van der Waals surface area (Å²) in [5.41, 5.74) is 2.22. The Morgan fingerprint density at radius 3 is 2.27 bits per heavy atom. The van der Waals surface area contributed by atoms with E-state index >= 15 is 0 Å². The molecule has 1 N–H and O–H groups in total. The Labute approximate surface area is 159 Å². The number of piperazine rings is 1. The van der Waals surface area contributed by atoms with Gasteiger partial charge in [0.15, 0.2) is 0 Å². The van der Waals surface area contributed by atoms with Crippen molar-refractivity contribution in [2.75, 3.05) is 44.7 Å². The second-order valence-corrected chi connectivity index (χ2v) is 7.12. The lowest BCUT2D eigenvalue weighted by Crippen LogP contribution is -2.51. The lowest BCUT2D eigenvalue weighted by molar-refractivity contribution is -0.132. The quantitative estimate of drug-likeness (QED) is 0.875. The highest BCUT2D eigenvalue weighted by Crippen LogP contribution is 2.20. The van der Waals surface area contributed by atoms with Gasteiger partial charge in [-0.05, 0) is 49.0 Å². The molecule has 0 aliphatic carbocycles. The van der Waals surface area contributed by atoms with E-state index in [2.05, 4.69) is 4.90 Å². The van der Waals surface area contributed by atoms with Crippen LogP contribution in [0.1, 0.15) is 5.56 Å². The summed E-state index contributed by atoms with van der Waals surface area (Å²) in [5.74, 6) is 0.429. The van der Waals surface area contributed by atoms with Crippen molar-refractivity contribution in [3.63, 3.8) is 0 Å². The van der Waals surface area contributed by atoms with Crippen LogP contribution in [-0.2, 0) is 11.3 Å². The maximum Gasteiger partial charge on any atom is 0.236 e. The molecule has 0 bridgehead atoms. The lowest BCUT2D eigenvalue weighted by Gasteiger charge is -2.36. The fourth-order valence-electron chi connectivity index (χ4n) is 3.17. The molecule has 0 aromatic heterocycles. The molecular formula is C20H24ClN3O2. The first-order chi connectivity index (χ1) is 12.5. The van der Waals surface area contributed by atoms with E-state index in [1.807, 2.05) is 53.2 Å². The molecule has 1 fully saturated rings. The minimum Gasteiger partial charge on any atom is -0.508 e. The highest BCUT2D eigenvalue weighted by molar-refractivity contribution is 6.30. The number of rotatable bonds is 5. The minimum atomic E-state index is 0.159. The average molecular weight is 374 g/mol. The van der Waals surface area contributed by atoms with Gasteiger partial charge in [-0.15, -0.1) is 0 Å². The van der Waals surface area contributed by atoms with E-state index in [4.69, 9.17) is 11.6 Å². The molecule has 2 aromatic rings. The number of carbonyl (C=O) groups is 1. The smallest absolute Gasteiger partial charge is 0.236 e. The molecule has 0 atom stereocenters. The molecule has 0 saturated carbocycles. The van der Waals surface area contributed by atoms with Crippen molar-refractivity contribution in [3.8, 4) is 5.75 Å². The maximum atomic E-state index is 12.6. The number of amides is 1. The number of hydrogen-bond acceptors (Lipinski definition) is 4. The van der Waals surface area contributed by atoms with Gasteiger partial charge in [-0.1, -0.05) is 23.7 Å². The largest absolute Gasteiger partial charge is 0.508 e. The first kappa shape index (κ1) is 18.5. The van der Waals surface area contributed by atoms with Crippen molar-refractivity contribution < 1.29 is 9.90 Å². The number of phenols is 1. The second kappa shape index (κ2) is 8.43. The first-order valence-electron chi connectivity index (χ1n) is 8.76. The summed E-state index contributed by atoms with van der Waals surface area (Å²) < 4.78 is 0. The van der Waals surface area contributed by atoms with Crippen LogP contribution in [-0.4, -0.2) is 60.6 Å². The predicted molar refractivity (Wildman–Crippen MR) is 105 cm³/mol. The summed E-state index contributed by atoms with van der Waals surface area (Å²) in [6.45, 7) is 4.16. The fourth-order valence-corrected chi connectivity index (χ4v) is 3.29. The molecule has 3 rings (SSSR count). The third-order valence-electron chi connectivity index (χ3n) is 4.62. The van der Waals surface area contributed by atoms with Crippen molar-refractivity contribution >= 4 is 23.2 Å². The molecule has 5 nitrogen and oxygen atoms in total. The monoisotopic (exact) mass is 373 g/mol. The number of likely N-dealkylation sites (N-methyl/N-ethyl adjacent to an activating group) is 1. The van der Waals surface area contributed by atoms with Crippen molar-refractivity contribution in [2.45, 2.75) is 6.54 Å². The zero-order chi connectivity index (χ0) is 18.5. The van der Waals surface area contributed by atoms with Crippen molar-refractivity contribution in [1.82, 2.24) is 9.80 Å². The minimum absolute atomic E-state index is 0.159. The van der Waals surface area contributed by atoms with Crippen molar-refractivity contribution in [1.29, 1.82) is 0 Å². The zero-order valence-electron chi connectivity index (χ0n) is 14.9. The molecule has 6 heteroatoms. The van der Waals surface area contributed by atoms with Gasteiger partial charge in [0.1, 0.15) is 5.75 Å². The van der Waals surface area contributed by atoms with Crippen LogP contribution < -0.4 is 4.90 Å². The SMILES string of the molecule is CN(CC(=O)N1CCN(c2ccc(O)cc2)CC1)Cc1ccc(Cl)cc1. The zero-order valence-corrected chi connectivity index (χ0v) is 15.7. The lowest BCUT2D eigenvalue weighted by atomic mass is 10.2. The third-order valence-corrected chi connectivity index (χ3v) is 4.87. The first-order valence-corrected chi connectivity index (χ1v) is 9.14. The Morgan fingerprint density at radius 1 is 1.04 bits per heavy atom. The Hall–Kier alpha value is -2.24. The summed E-state index contributed by atoms with van der Waals surface area (Å²) in [6, 6.07) is 14.9. The Morgan fingerprint density at radius 2 is 1.65 bits per heavy atom. The van der Waals surface area contributed by atoms with Gasteiger partial charge in [0, 0.05) is 43.4 Å². The summed E-state index contributed by atoms with van der Waals surface area (Å²) in [7, 11) is 1.96. The van der Waals surface area contributed by atoms with Gasteiger partial charge in [-0.3, -0.25) is 9.69 Å². The van der Waals surface area contributed by atoms with E-state index in [1.165, 1.54) is 0 Å². The summed E-state index contributed by atoms with van der Waals surface area (Å²) in [4.78, 5) is 18.7. The number of carbonyl (C=O) groups excluding carboxylic acids is 1. The van der Waals surface area contributed by atoms with Crippen LogP contribution in [0.3, 0.4) is 0 Å². The molecular weight excluding hydrogens is 350 g/mol. The standard InChI is InChI=1S/C20H24ClN3O2/c1-22(14-16-2-4-17(21)5-3-16)15-20(26)24-12-10-23(11-13-24)18-6-8-19(25)9-7-18/h2-9,25H,10-15H2,1H3. The average Bonchev–Trinajstić information content (AvgIpc) is 2.64. The van der Waals surface area contributed by atoms with Gasteiger partial charge in [0.25, 0.3) is 0 Å². The number of anilines is 1. The van der Waals surface area contributed by atoms with Gasteiger partial charge in [0.2, 0.25) is 5.91 Å². The van der Waals surface area contributed by atoms with E-state index in [0.29, 0.717) is 19.6 Å². The van der Waals surface area contributed by atoms with Crippen LogP contribution in [0, 0.1) is 0 Å². The number of benzene rings is 2. The second-order valence-electron chi connectivity index (χ2n) is 6.68. The summed E-state index contributed by atoms with van der Waals surface area (Å²) >= 11 is 5.91. The van der Waals surface area contributed by atoms with Crippen LogP contribution >= 0.6 is 11.6 Å². The van der Waals surface area contributed by atoms with E-state index in [-0.39, 0.29) is 11.7 Å². The van der Waals surface area contributed by atoms with Crippen LogP contribution in [0.2, 0.25) is 5.02 Å². The van der Waals surface area contributed by atoms with Gasteiger partial charge in [-0.2, -0.15) is 0 Å². The molecule has 26 heavy (non-hydrogen) atoms. The maximum absolute atomic E-state index is 12.6. The molecule has 1 amide bonds. The van der Waals surface area contributed by atoms with Gasteiger partial charge >= 0.3 is 0 Å². The molecule has 1 heterocycles. The Kier molecular flexibility index (Phi) is 6.01. The van der Waals surface area contributed by atoms with Crippen LogP contribution in [0.5, 0.6) is 5.75 Å². The van der Waals surface area contributed by atoms with Crippen LogP contribution in [0.4, 0.5) is 5.69 Å². The van der Waals surface area contributed by atoms with Gasteiger partial charge in [0.05, 0.1) is 6.54 Å². The topological polar surface area (TPSA) is 47.0 Å². The number of nitrogens with zero attached hydrogens (tertiary/aromatic N) is 3. The number of aromatic hydroxyl groups is 1. The molecule has 0 spiro atoms. The summed E-state index contributed by atoms with van der Waals surface area (Å²) in [6.07, 6.45) is 0. The predicted octanol–water partition coefficient (Wildman–Crippen LogP) is 2.83. The Bertz CT molecular complexity index is 726. The van der Waals surface area contributed by atoms with Crippen LogP contribution in [0.25, 0.3) is 0 Å². The number of phenolic OH excluding ortho intramolecular Hbond substituents is 1. The number of halogens is 1. The Balaban J connectivity index is 1.47. The molecule has 1 saturated heterocycles. The van der Waals surface area contributed by atoms with E-state index in [0.717, 1.165) is 35.9 Å². The van der Waals surface area contributed by atoms with Gasteiger partial charge < -0.3 is 14.9 Å². The van der Waals surface area contributed by atoms with E-state index in [9.17, 15) is 9.90 Å². The number of hydrogen-bond donors (Lipinski definition) is 1. The highest BCUT2D eigenvalue weighted by atomic mass is 35.5. The molecule has 1 aliphatic heterocycles. The molecule has 0 unspecified atom stereocenters. The fraction of sp³-hybridized carbons (Fsp3) is 0.350. The molecule has 2 aromatic carbocycles. The van der Waals surface area contributed by atoms with Crippen molar-refractivity contribution in [3.05, 3.63) is 59.1 Å². The summed E-state index contributed by atoms with van der Waals surface area (Å²) in [5, 5.41) is 10.1. The van der Waals surface area contributed by atoms with Crippen LogP contribution in [0.15, 0.2) is 48.5 Å². The molecule has 1 aliphatic rings. The highest BCUT2D eigenvalue weighted by Gasteiger charge is 2.22. The molecule has 0 radical (unpaired) electrons.